The summed E-state index contributed by atoms with van der Waals surface area (Å²) in [5, 5.41) is 11.7. The minimum absolute atomic E-state index is 0.668. The second-order valence-electron chi connectivity index (χ2n) is 4.06. The first-order valence-corrected chi connectivity index (χ1v) is 5.97. The molecule has 4 heteroatoms. The second kappa shape index (κ2) is 5.89. The number of aromatic nitrogens is 2. The summed E-state index contributed by atoms with van der Waals surface area (Å²) in [6.07, 6.45) is 2.00. The molecule has 4 nitrogen and oxygen atoms in total. The second-order valence-corrected chi connectivity index (χ2v) is 4.06. The van der Waals surface area contributed by atoms with Crippen LogP contribution in [0.1, 0.15) is 11.3 Å². The molecule has 0 aliphatic heterocycles. The van der Waals surface area contributed by atoms with E-state index in [9.17, 15) is 0 Å². The lowest BCUT2D eigenvalue weighted by Crippen LogP contribution is -2.24. The van der Waals surface area contributed by atoms with Crippen LogP contribution >= 0.6 is 0 Å². The van der Waals surface area contributed by atoms with Crippen LogP contribution < -0.4 is 21.6 Å². The molecule has 1 aromatic carbocycles. The smallest absolute Gasteiger partial charge is 0.142 e. The van der Waals surface area contributed by atoms with Crippen molar-refractivity contribution >= 4 is 18.3 Å². The van der Waals surface area contributed by atoms with Crippen LogP contribution in [0.4, 0.5) is 5.69 Å². The molecule has 0 atom stereocenters. The van der Waals surface area contributed by atoms with Crippen LogP contribution in [0.3, 0.4) is 0 Å². The molecule has 1 heterocycles. The molecule has 0 saturated carbocycles. The highest BCUT2D eigenvalue weighted by Crippen LogP contribution is 2.07. The number of aromatic amines is 1. The number of hydrogen-bond acceptors (Lipinski definition) is 3. The van der Waals surface area contributed by atoms with E-state index in [1.807, 2.05) is 37.4 Å². The summed E-state index contributed by atoms with van der Waals surface area (Å²) < 4.78 is 0. The molecule has 2 rings (SSSR count). The van der Waals surface area contributed by atoms with Crippen LogP contribution in [0, 0.1) is 11.8 Å². The molecule has 4 N–H and O–H groups in total. The number of H-pyrrole nitrogens is 1. The van der Waals surface area contributed by atoms with Crippen molar-refractivity contribution in [1.29, 1.82) is 0 Å². The molecule has 1 aromatic heterocycles. The molecule has 0 saturated heterocycles. The number of nitrogens with one attached hydrogen (secondary N) is 2. The fraction of sp³-hybridized carbons (Fsp3) is 0.133. The van der Waals surface area contributed by atoms with E-state index in [0.717, 1.165) is 22.7 Å². The molecular weight excluding hydrogens is 236 g/mol. The van der Waals surface area contributed by atoms with E-state index in [-0.39, 0.29) is 0 Å². The van der Waals surface area contributed by atoms with Gasteiger partial charge in [0.1, 0.15) is 5.69 Å². The standard InChI is InChI=1S/C15H16N4/c1-11-13(9-10-17-2)15(19-18-11)8-7-12-5-3-4-6-14(12)16/h3-6,9,17-18H,1,10,16H2,2H3/b13-9+. The Morgan fingerprint density at radius 3 is 2.95 bits per heavy atom. The van der Waals surface area contributed by atoms with Crippen LogP contribution in [0.5, 0.6) is 0 Å². The highest BCUT2D eigenvalue weighted by molar-refractivity contribution is 5.57. The van der Waals surface area contributed by atoms with Crippen LogP contribution in [-0.2, 0) is 0 Å². The molecule has 2 aromatic rings. The average molecular weight is 252 g/mol. The first-order chi connectivity index (χ1) is 9.22. The number of nitrogens with two attached hydrogens (primary N) is 1. The maximum Gasteiger partial charge on any atom is 0.142 e. The van der Waals surface area contributed by atoms with Gasteiger partial charge in [0.05, 0.1) is 5.35 Å². The lowest BCUT2D eigenvalue weighted by Gasteiger charge is -1.94. The molecule has 0 unspecified atom stereocenters. The van der Waals surface area contributed by atoms with Crippen molar-refractivity contribution in [3.63, 3.8) is 0 Å². The molecule has 0 fully saturated rings. The Balaban J connectivity index is 2.41. The first-order valence-electron chi connectivity index (χ1n) is 5.97. The number of para-hydroxylation sites is 1. The Morgan fingerprint density at radius 2 is 2.21 bits per heavy atom. The molecule has 0 aliphatic rings. The zero-order chi connectivity index (χ0) is 13.7. The molecule has 0 bridgehead atoms. The maximum absolute atomic E-state index is 5.85. The Morgan fingerprint density at radius 1 is 1.42 bits per heavy atom. The van der Waals surface area contributed by atoms with Gasteiger partial charge < -0.3 is 11.1 Å². The highest BCUT2D eigenvalue weighted by atomic mass is 15.1. The zero-order valence-electron chi connectivity index (χ0n) is 10.8. The first kappa shape index (κ1) is 12.9. The van der Waals surface area contributed by atoms with E-state index in [0.29, 0.717) is 11.4 Å². The van der Waals surface area contributed by atoms with Gasteiger partial charge in [-0.25, -0.2) is 0 Å². The Bertz CT molecular complexity index is 731. The molecule has 0 aliphatic carbocycles. The van der Waals surface area contributed by atoms with E-state index < -0.39 is 0 Å². The van der Waals surface area contributed by atoms with Gasteiger partial charge in [0, 0.05) is 23.0 Å². The molecule has 0 radical (unpaired) electrons. The third-order valence-electron chi connectivity index (χ3n) is 2.67. The molecule has 96 valence electrons. The van der Waals surface area contributed by atoms with Crippen molar-refractivity contribution in [2.24, 2.45) is 0 Å². The van der Waals surface area contributed by atoms with E-state index in [1.54, 1.807) is 0 Å². The minimum Gasteiger partial charge on any atom is -0.398 e. The van der Waals surface area contributed by atoms with Crippen molar-refractivity contribution in [2.45, 2.75) is 0 Å². The summed E-state index contributed by atoms with van der Waals surface area (Å²) >= 11 is 0. The van der Waals surface area contributed by atoms with Crippen LogP contribution in [0.2, 0.25) is 0 Å². The van der Waals surface area contributed by atoms with Crippen LogP contribution in [-0.4, -0.2) is 23.8 Å². The third-order valence-corrected chi connectivity index (χ3v) is 2.67. The number of benzene rings is 1. The van der Waals surface area contributed by atoms with Gasteiger partial charge >= 0.3 is 0 Å². The minimum atomic E-state index is 0.668. The highest BCUT2D eigenvalue weighted by Gasteiger charge is 1.97. The van der Waals surface area contributed by atoms with Gasteiger partial charge in [0.2, 0.25) is 0 Å². The quantitative estimate of drug-likeness (QED) is 0.512. The fourth-order valence-corrected chi connectivity index (χ4v) is 1.64. The number of rotatable bonds is 2. The van der Waals surface area contributed by atoms with Crippen molar-refractivity contribution in [2.75, 3.05) is 19.3 Å². The zero-order valence-corrected chi connectivity index (χ0v) is 10.8. The normalized spacial score (nSPS) is 11.1. The van der Waals surface area contributed by atoms with Crippen LogP contribution in [0.25, 0.3) is 12.7 Å². The van der Waals surface area contributed by atoms with Gasteiger partial charge in [-0.3, -0.25) is 5.10 Å². The lowest BCUT2D eigenvalue weighted by molar-refractivity contribution is 0.944. The van der Waals surface area contributed by atoms with Crippen LogP contribution in [0.15, 0.2) is 24.3 Å². The summed E-state index contributed by atoms with van der Waals surface area (Å²) in [5.41, 5.74) is 8.00. The van der Waals surface area contributed by atoms with Gasteiger partial charge in [0.25, 0.3) is 0 Å². The Labute approximate surface area is 112 Å². The topological polar surface area (TPSA) is 66.7 Å². The largest absolute Gasteiger partial charge is 0.398 e. The van der Waals surface area contributed by atoms with Crippen molar-refractivity contribution in [1.82, 2.24) is 15.5 Å². The molecule has 0 spiro atoms. The fourth-order valence-electron chi connectivity index (χ4n) is 1.64. The number of anilines is 1. The van der Waals surface area contributed by atoms with E-state index in [2.05, 4.69) is 33.9 Å². The maximum atomic E-state index is 5.85. The van der Waals surface area contributed by atoms with Crippen molar-refractivity contribution in [3.8, 4) is 11.8 Å². The van der Waals surface area contributed by atoms with Crippen molar-refractivity contribution < 1.29 is 0 Å². The lowest BCUT2D eigenvalue weighted by atomic mass is 10.2. The number of hydrogen-bond donors (Lipinski definition) is 3. The van der Waals surface area contributed by atoms with Gasteiger partial charge in [-0.05, 0) is 25.1 Å². The third kappa shape index (κ3) is 3.03. The summed E-state index contributed by atoms with van der Waals surface area (Å²) in [6, 6.07) is 7.51. The average Bonchev–Trinajstić information content (AvgIpc) is 2.76. The van der Waals surface area contributed by atoms with Gasteiger partial charge in [-0.2, -0.15) is 5.10 Å². The molecular formula is C15H16N4. The monoisotopic (exact) mass is 252 g/mol. The molecule has 19 heavy (non-hydrogen) atoms. The summed E-state index contributed by atoms with van der Waals surface area (Å²) in [5.74, 6) is 6.06. The van der Waals surface area contributed by atoms with Gasteiger partial charge in [0.15, 0.2) is 0 Å². The van der Waals surface area contributed by atoms with E-state index in [4.69, 9.17) is 5.73 Å². The predicted octanol–water partition coefficient (Wildman–Crippen LogP) is -0.198. The summed E-state index contributed by atoms with van der Waals surface area (Å²) in [7, 11) is 1.88. The van der Waals surface area contributed by atoms with Crippen molar-refractivity contribution in [3.05, 3.63) is 46.1 Å². The summed E-state index contributed by atoms with van der Waals surface area (Å²) in [4.78, 5) is 0. The summed E-state index contributed by atoms with van der Waals surface area (Å²) in [6.45, 7) is 4.64. The van der Waals surface area contributed by atoms with Gasteiger partial charge in [-0.1, -0.05) is 30.7 Å². The number of nitrogens with zero attached hydrogens (tertiary/aromatic N) is 1. The molecule has 0 amide bonds. The number of nitrogen functional groups attached to an aromatic ring is 1. The predicted molar refractivity (Wildman–Crippen MR) is 78.6 cm³/mol. The Kier molecular flexibility index (Phi) is 4.01. The van der Waals surface area contributed by atoms with E-state index in [1.165, 1.54) is 0 Å². The van der Waals surface area contributed by atoms with Gasteiger partial charge in [-0.15, -0.1) is 0 Å². The Hall–Kier alpha value is -2.51. The van der Waals surface area contributed by atoms with E-state index >= 15 is 0 Å². The SMILES string of the molecule is C=c1[nH]nc(C#Cc2ccccc2N)/c1=C/CNC.